The molecular formula is C31H40N6O6. The maximum Gasteiger partial charge on any atom is 0.353 e. The number of esters is 1. The molecule has 1 fully saturated rings. The zero-order chi connectivity index (χ0) is 30.8. The molecule has 1 aromatic heterocycles. The van der Waals surface area contributed by atoms with Crippen LogP contribution in [-0.2, 0) is 27.4 Å². The number of benzene rings is 2. The van der Waals surface area contributed by atoms with Gasteiger partial charge in [-0.25, -0.2) is 0 Å². The lowest BCUT2D eigenvalue weighted by molar-refractivity contribution is -0.383. The molecular weight excluding hydrogens is 552 g/mol. The molecule has 0 spiro atoms. The second-order valence-corrected chi connectivity index (χ2v) is 10.6. The minimum atomic E-state index is -0.660. The van der Waals surface area contributed by atoms with Crippen molar-refractivity contribution in [3.8, 4) is 17.1 Å². The number of carbonyl (C=O) groups excluding carboxylic acids is 1. The van der Waals surface area contributed by atoms with Gasteiger partial charge in [0.2, 0.25) is 11.6 Å². The number of nitrogens with zero attached hydrogens (tertiary/aromatic N) is 5. The predicted octanol–water partition coefficient (Wildman–Crippen LogP) is 4.60. The van der Waals surface area contributed by atoms with E-state index in [0.717, 1.165) is 36.3 Å². The third-order valence-corrected chi connectivity index (χ3v) is 6.94. The molecule has 12 nitrogen and oxygen atoms in total. The summed E-state index contributed by atoms with van der Waals surface area (Å²) >= 11 is 0. The van der Waals surface area contributed by atoms with Crippen LogP contribution < -0.4 is 15.4 Å². The number of nitro groups is 1. The number of rotatable bonds is 15. The van der Waals surface area contributed by atoms with Crippen LogP contribution in [0.3, 0.4) is 0 Å². The van der Waals surface area contributed by atoms with Crippen LogP contribution in [0.1, 0.15) is 44.7 Å². The average Bonchev–Trinajstić information content (AvgIpc) is 3.48. The molecule has 0 atom stereocenters. The number of aromatic nitrogens is 2. The molecule has 2 aromatic carbocycles. The van der Waals surface area contributed by atoms with Gasteiger partial charge in [0.1, 0.15) is 13.2 Å². The van der Waals surface area contributed by atoms with Gasteiger partial charge >= 0.3 is 17.7 Å². The van der Waals surface area contributed by atoms with Crippen molar-refractivity contribution in [2.75, 3.05) is 50.1 Å². The standard InChI is InChI=1S/C31H40N6O6/c1-4-41-27(38)21-36(30-28(37(39)40)29(32)33-31(34-30)43-17-16-42-22(2)3)20-23-10-12-25(13-11-23)26-9-7-8-24(18-26)19-35-14-5-6-15-35/h7-13,18,22H,4-6,14-17,19-21H2,1-3H3,(H2,32,33,34). The second-order valence-electron chi connectivity index (χ2n) is 10.6. The number of hydrogen-bond donors (Lipinski definition) is 1. The smallest absolute Gasteiger partial charge is 0.353 e. The van der Waals surface area contributed by atoms with Crippen molar-refractivity contribution in [1.29, 1.82) is 0 Å². The lowest BCUT2D eigenvalue weighted by Gasteiger charge is -2.23. The highest BCUT2D eigenvalue weighted by atomic mass is 16.6. The lowest BCUT2D eigenvalue weighted by Crippen LogP contribution is -2.32. The van der Waals surface area contributed by atoms with Crippen LogP contribution in [0, 0.1) is 10.1 Å². The molecule has 0 radical (unpaired) electrons. The molecule has 3 aromatic rings. The van der Waals surface area contributed by atoms with E-state index < -0.39 is 16.6 Å². The van der Waals surface area contributed by atoms with Gasteiger partial charge in [-0.2, -0.15) is 9.97 Å². The molecule has 1 aliphatic heterocycles. The van der Waals surface area contributed by atoms with E-state index in [0.29, 0.717) is 0 Å². The van der Waals surface area contributed by atoms with Gasteiger partial charge in [0.15, 0.2) is 0 Å². The summed E-state index contributed by atoms with van der Waals surface area (Å²) in [4.78, 5) is 36.1. The fourth-order valence-corrected chi connectivity index (χ4v) is 4.96. The quantitative estimate of drug-likeness (QED) is 0.114. The molecule has 0 unspecified atom stereocenters. The third kappa shape index (κ3) is 9.10. The van der Waals surface area contributed by atoms with Crippen LogP contribution >= 0.6 is 0 Å². The van der Waals surface area contributed by atoms with E-state index in [-0.39, 0.29) is 56.7 Å². The molecule has 0 saturated carbocycles. The van der Waals surface area contributed by atoms with E-state index in [1.54, 1.807) is 6.92 Å². The first kappa shape index (κ1) is 31.6. The van der Waals surface area contributed by atoms with E-state index in [1.807, 2.05) is 38.1 Å². The largest absolute Gasteiger partial charge is 0.465 e. The Labute approximate surface area is 251 Å². The molecule has 0 aliphatic carbocycles. The van der Waals surface area contributed by atoms with Gasteiger partial charge in [-0.3, -0.25) is 19.8 Å². The van der Waals surface area contributed by atoms with Gasteiger partial charge in [-0.05, 0) is 75.0 Å². The van der Waals surface area contributed by atoms with Crippen LogP contribution in [0.2, 0.25) is 0 Å². The summed E-state index contributed by atoms with van der Waals surface area (Å²) < 4.78 is 16.2. The Hall–Kier alpha value is -4.29. The van der Waals surface area contributed by atoms with Crippen molar-refractivity contribution in [2.45, 2.75) is 52.8 Å². The summed E-state index contributed by atoms with van der Waals surface area (Å²) in [5.74, 6) is -1.06. The molecule has 230 valence electrons. The first-order chi connectivity index (χ1) is 20.7. The van der Waals surface area contributed by atoms with Crippen molar-refractivity contribution >= 4 is 23.3 Å². The van der Waals surface area contributed by atoms with Gasteiger partial charge in [0, 0.05) is 13.1 Å². The van der Waals surface area contributed by atoms with Crippen LogP contribution in [0.4, 0.5) is 17.3 Å². The highest BCUT2D eigenvalue weighted by Gasteiger charge is 2.29. The Bertz CT molecular complexity index is 1380. The summed E-state index contributed by atoms with van der Waals surface area (Å²) in [6, 6.07) is 16.2. The number of nitrogen functional groups attached to an aromatic ring is 1. The van der Waals surface area contributed by atoms with E-state index in [2.05, 4.69) is 39.1 Å². The average molecular weight is 593 g/mol. The van der Waals surface area contributed by atoms with E-state index in [4.69, 9.17) is 19.9 Å². The van der Waals surface area contributed by atoms with E-state index in [1.165, 1.54) is 23.3 Å². The Morgan fingerprint density at radius 3 is 2.49 bits per heavy atom. The molecule has 2 heterocycles. The fourth-order valence-electron chi connectivity index (χ4n) is 4.96. The van der Waals surface area contributed by atoms with E-state index in [9.17, 15) is 14.9 Å². The first-order valence-electron chi connectivity index (χ1n) is 14.6. The Morgan fingerprint density at radius 2 is 1.81 bits per heavy atom. The van der Waals surface area contributed by atoms with Crippen LogP contribution in [0.25, 0.3) is 11.1 Å². The highest BCUT2D eigenvalue weighted by Crippen LogP contribution is 2.34. The first-order valence-corrected chi connectivity index (χ1v) is 14.6. The summed E-state index contributed by atoms with van der Waals surface area (Å²) in [6.45, 7) is 9.08. The molecule has 1 saturated heterocycles. The highest BCUT2D eigenvalue weighted by molar-refractivity contribution is 5.79. The topological polar surface area (TPSA) is 146 Å². The Kier molecular flexibility index (Phi) is 11.2. The number of anilines is 2. The molecule has 4 rings (SSSR count). The van der Waals surface area contributed by atoms with Gasteiger partial charge in [0.05, 0.1) is 24.2 Å². The van der Waals surface area contributed by atoms with Crippen molar-refractivity contribution in [2.24, 2.45) is 0 Å². The van der Waals surface area contributed by atoms with Gasteiger partial charge in [0.25, 0.3) is 0 Å². The molecule has 2 N–H and O–H groups in total. The zero-order valence-electron chi connectivity index (χ0n) is 25.0. The van der Waals surface area contributed by atoms with Crippen molar-refractivity contribution in [3.05, 3.63) is 69.8 Å². The number of ether oxygens (including phenoxy) is 3. The normalized spacial score (nSPS) is 13.3. The molecule has 1 aliphatic rings. The number of likely N-dealkylation sites (tertiary alicyclic amines) is 1. The summed E-state index contributed by atoms with van der Waals surface area (Å²) in [5.41, 5.74) is 9.71. The van der Waals surface area contributed by atoms with Crippen molar-refractivity contribution in [1.82, 2.24) is 14.9 Å². The zero-order valence-corrected chi connectivity index (χ0v) is 25.0. The Balaban J connectivity index is 1.58. The number of nitrogens with two attached hydrogens (primary N) is 1. The number of hydrogen-bond acceptors (Lipinski definition) is 11. The van der Waals surface area contributed by atoms with Gasteiger partial charge in [-0.1, -0.05) is 42.5 Å². The third-order valence-electron chi connectivity index (χ3n) is 6.94. The van der Waals surface area contributed by atoms with Gasteiger partial charge < -0.3 is 24.8 Å². The lowest BCUT2D eigenvalue weighted by atomic mass is 10.0. The summed E-state index contributed by atoms with van der Waals surface area (Å²) in [7, 11) is 0. The monoisotopic (exact) mass is 592 g/mol. The van der Waals surface area contributed by atoms with Crippen LogP contribution in [0.15, 0.2) is 48.5 Å². The minimum absolute atomic E-state index is 0.00679. The van der Waals surface area contributed by atoms with Crippen molar-refractivity contribution in [3.63, 3.8) is 0 Å². The number of carbonyl (C=O) groups is 1. The van der Waals surface area contributed by atoms with Crippen LogP contribution in [0.5, 0.6) is 6.01 Å². The SMILES string of the molecule is CCOC(=O)CN(Cc1ccc(-c2cccc(CN3CCCC3)c2)cc1)c1nc(OCCOC(C)C)nc(N)c1[N+](=O)[O-]. The Morgan fingerprint density at radius 1 is 1.07 bits per heavy atom. The predicted molar refractivity (Wildman–Crippen MR) is 164 cm³/mol. The molecule has 0 amide bonds. The maximum absolute atomic E-state index is 12.6. The molecule has 43 heavy (non-hydrogen) atoms. The van der Waals surface area contributed by atoms with Crippen LogP contribution in [-0.4, -0.2) is 71.3 Å². The molecule has 0 bridgehead atoms. The van der Waals surface area contributed by atoms with Gasteiger partial charge in [-0.15, -0.1) is 0 Å². The molecule has 12 heteroatoms. The minimum Gasteiger partial charge on any atom is -0.465 e. The summed E-state index contributed by atoms with van der Waals surface area (Å²) in [5, 5.41) is 12.0. The second kappa shape index (κ2) is 15.3. The fraction of sp³-hybridized carbons (Fsp3) is 0.452. The van der Waals surface area contributed by atoms with E-state index >= 15 is 0 Å². The van der Waals surface area contributed by atoms with Crippen molar-refractivity contribution < 1.29 is 23.9 Å². The summed E-state index contributed by atoms with van der Waals surface area (Å²) in [6.07, 6.45) is 2.51. The maximum atomic E-state index is 12.6.